The Morgan fingerprint density at radius 1 is 0.711 bits per heavy atom. The van der Waals surface area contributed by atoms with E-state index in [2.05, 4.69) is 0 Å². The number of ether oxygens (including phenoxy) is 5. The molecule has 0 bridgehead atoms. The summed E-state index contributed by atoms with van der Waals surface area (Å²) < 4.78 is 29.2. The molecular formula is C29H38O16. The SMILES string of the molecule is Cc1c(O[C@@H]2O[C@H](CO)[C@@H](O)[C@H](O)[C@H]2O)c(CO)c(O[C@@H]2O[C@H](CO)[C@@H](O)[C@H](O)[C@H]2O)c2c1OC(c1ccc(O)cc1)CC2O. The van der Waals surface area contributed by atoms with Gasteiger partial charge in [0.25, 0.3) is 0 Å². The molecule has 2 aromatic rings. The molecule has 3 heterocycles. The van der Waals surface area contributed by atoms with Crippen molar-refractivity contribution < 1.29 is 79.9 Å². The van der Waals surface area contributed by atoms with Crippen molar-refractivity contribution >= 4 is 0 Å². The van der Waals surface area contributed by atoms with Gasteiger partial charge in [-0.1, -0.05) is 12.1 Å². The molecule has 2 saturated heterocycles. The molecule has 0 radical (unpaired) electrons. The quantitative estimate of drug-likeness (QED) is 0.138. The van der Waals surface area contributed by atoms with Gasteiger partial charge in [0.1, 0.15) is 77.9 Å². The standard InChI is InChI=1S/C29H38O16/c1-10-25(44-28-23(39)21(37)19(35)16(8-31)42-28)13(7-30)27(45-29-24(40)22(38)20(36)17(9-32)43-29)18-14(34)6-15(41-26(10)18)11-2-4-12(33)5-3-11/h2-5,14-17,19-24,28-40H,6-9H2,1H3/t14?,15?,16-,17-,19-,20-,21+,22+,23-,24-,28+,29+/m1/s1. The lowest BCUT2D eigenvalue weighted by Crippen LogP contribution is -2.60. The summed E-state index contributed by atoms with van der Waals surface area (Å²) in [5.41, 5.74) is 0.557. The summed E-state index contributed by atoms with van der Waals surface area (Å²) in [5, 5.41) is 113. The highest BCUT2D eigenvalue weighted by molar-refractivity contribution is 5.64. The van der Waals surface area contributed by atoms with E-state index in [1.165, 1.54) is 19.1 Å². The van der Waals surface area contributed by atoms with Gasteiger partial charge >= 0.3 is 0 Å². The first-order chi connectivity index (χ1) is 21.4. The molecule has 250 valence electrons. The van der Waals surface area contributed by atoms with Crippen LogP contribution >= 0.6 is 0 Å². The van der Waals surface area contributed by atoms with Crippen LogP contribution in [0.3, 0.4) is 0 Å². The number of aliphatic hydroxyl groups excluding tert-OH is 10. The number of hydrogen-bond acceptors (Lipinski definition) is 16. The molecule has 12 atom stereocenters. The summed E-state index contributed by atoms with van der Waals surface area (Å²) in [7, 11) is 0. The van der Waals surface area contributed by atoms with E-state index in [4.69, 9.17) is 23.7 Å². The average molecular weight is 643 g/mol. The van der Waals surface area contributed by atoms with Crippen LogP contribution in [-0.2, 0) is 16.1 Å². The minimum Gasteiger partial charge on any atom is -0.508 e. The topological polar surface area (TPSA) is 269 Å². The molecule has 45 heavy (non-hydrogen) atoms. The number of rotatable bonds is 8. The van der Waals surface area contributed by atoms with E-state index >= 15 is 0 Å². The van der Waals surface area contributed by atoms with Crippen molar-refractivity contribution in [3.05, 3.63) is 46.5 Å². The Labute approximate surface area is 256 Å². The van der Waals surface area contributed by atoms with E-state index in [1.54, 1.807) is 12.1 Å². The fourth-order valence-electron chi connectivity index (χ4n) is 5.76. The van der Waals surface area contributed by atoms with Gasteiger partial charge in [-0.25, -0.2) is 0 Å². The summed E-state index contributed by atoms with van der Waals surface area (Å²) in [4.78, 5) is 0. The summed E-state index contributed by atoms with van der Waals surface area (Å²) in [5.74, 6) is -0.551. The molecule has 0 amide bonds. The van der Waals surface area contributed by atoms with Crippen molar-refractivity contribution in [2.75, 3.05) is 13.2 Å². The zero-order valence-electron chi connectivity index (χ0n) is 24.0. The van der Waals surface area contributed by atoms with Gasteiger partial charge in [0.15, 0.2) is 0 Å². The van der Waals surface area contributed by atoms with Gasteiger partial charge in [-0.3, -0.25) is 0 Å². The zero-order valence-corrected chi connectivity index (χ0v) is 24.0. The maximum absolute atomic E-state index is 11.4. The van der Waals surface area contributed by atoms with Gasteiger partial charge in [0, 0.05) is 12.0 Å². The van der Waals surface area contributed by atoms with Gasteiger partial charge in [0.2, 0.25) is 12.6 Å². The molecule has 11 N–H and O–H groups in total. The van der Waals surface area contributed by atoms with Gasteiger partial charge in [-0.05, 0) is 24.6 Å². The third-order valence-corrected chi connectivity index (χ3v) is 8.34. The Balaban J connectivity index is 1.62. The maximum Gasteiger partial charge on any atom is 0.229 e. The lowest BCUT2D eigenvalue weighted by atomic mass is 9.90. The van der Waals surface area contributed by atoms with Crippen molar-refractivity contribution in [2.24, 2.45) is 0 Å². The minimum absolute atomic E-state index is 0.00436. The summed E-state index contributed by atoms with van der Waals surface area (Å²) in [6.07, 6.45) is -19.0. The van der Waals surface area contributed by atoms with Crippen molar-refractivity contribution in [3.8, 4) is 23.0 Å². The lowest BCUT2D eigenvalue weighted by molar-refractivity contribution is -0.279. The molecule has 16 nitrogen and oxygen atoms in total. The van der Waals surface area contributed by atoms with Crippen LogP contribution in [0.5, 0.6) is 23.0 Å². The van der Waals surface area contributed by atoms with Crippen LogP contribution in [0.25, 0.3) is 0 Å². The van der Waals surface area contributed by atoms with Crippen molar-refractivity contribution in [2.45, 2.75) is 93.6 Å². The molecule has 0 aromatic heterocycles. The molecule has 0 saturated carbocycles. The first-order valence-electron chi connectivity index (χ1n) is 14.3. The van der Waals surface area contributed by atoms with Gasteiger partial charge < -0.3 is 79.9 Å². The monoisotopic (exact) mass is 642 g/mol. The predicted octanol–water partition coefficient (Wildman–Crippen LogP) is -2.89. The number of hydrogen-bond donors (Lipinski definition) is 11. The third kappa shape index (κ3) is 6.17. The van der Waals surface area contributed by atoms with Crippen molar-refractivity contribution in [1.29, 1.82) is 0 Å². The third-order valence-electron chi connectivity index (χ3n) is 8.34. The number of benzene rings is 2. The molecule has 3 aliphatic rings. The number of aliphatic hydroxyl groups is 10. The molecule has 16 heteroatoms. The average Bonchev–Trinajstić information content (AvgIpc) is 3.03. The summed E-state index contributed by atoms with van der Waals surface area (Å²) in [6, 6.07) is 6.05. The first kappa shape index (κ1) is 33.5. The predicted molar refractivity (Wildman–Crippen MR) is 147 cm³/mol. The Kier molecular flexibility index (Phi) is 10.0. The van der Waals surface area contributed by atoms with Crippen LogP contribution in [0.2, 0.25) is 0 Å². The zero-order chi connectivity index (χ0) is 32.7. The van der Waals surface area contributed by atoms with Crippen LogP contribution in [-0.4, -0.2) is 131 Å². The number of aromatic hydroxyl groups is 1. The molecule has 3 aliphatic heterocycles. The Hall–Kier alpha value is -2.84. The van der Waals surface area contributed by atoms with Crippen LogP contribution in [0.15, 0.2) is 24.3 Å². The molecule has 2 unspecified atom stereocenters. The van der Waals surface area contributed by atoms with E-state index in [9.17, 15) is 56.2 Å². The number of fused-ring (bicyclic) bond motifs is 1. The van der Waals surface area contributed by atoms with E-state index < -0.39 is 93.4 Å². The summed E-state index contributed by atoms with van der Waals surface area (Å²) in [6.45, 7) is -0.840. The molecule has 2 aromatic carbocycles. The fraction of sp³-hybridized carbons (Fsp3) is 0.586. The van der Waals surface area contributed by atoms with E-state index in [0.29, 0.717) is 5.56 Å². The Morgan fingerprint density at radius 3 is 1.71 bits per heavy atom. The van der Waals surface area contributed by atoms with Gasteiger partial charge in [-0.2, -0.15) is 0 Å². The summed E-state index contributed by atoms with van der Waals surface area (Å²) >= 11 is 0. The molecular weight excluding hydrogens is 604 g/mol. The molecule has 0 aliphatic carbocycles. The highest BCUT2D eigenvalue weighted by Gasteiger charge is 2.48. The van der Waals surface area contributed by atoms with Crippen molar-refractivity contribution in [3.63, 3.8) is 0 Å². The Morgan fingerprint density at radius 2 is 1.22 bits per heavy atom. The molecule has 5 rings (SSSR count). The second kappa shape index (κ2) is 13.5. The van der Waals surface area contributed by atoms with E-state index in [-0.39, 0.29) is 46.1 Å². The smallest absolute Gasteiger partial charge is 0.229 e. The highest BCUT2D eigenvalue weighted by Crippen LogP contribution is 2.53. The van der Waals surface area contributed by atoms with Crippen molar-refractivity contribution in [1.82, 2.24) is 0 Å². The van der Waals surface area contributed by atoms with Crippen LogP contribution in [0.4, 0.5) is 0 Å². The first-order valence-corrected chi connectivity index (χ1v) is 14.3. The second-order valence-corrected chi connectivity index (χ2v) is 11.2. The Bertz CT molecular complexity index is 1320. The maximum atomic E-state index is 11.4. The normalized spacial score (nSPS) is 36.6. The molecule has 2 fully saturated rings. The van der Waals surface area contributed by atoms with Crippen LogP contribution < -0.4 is 14.2 Å². The van der Waals surface area contributed by atoms with Gasteiger partial charge in [0.05, 0.1) is 37.1 Å². The number of phenols is 1. The van der Waals surface area contributed by atoms with E-state index in [1.807, 2.05) is 0 Å². The van der Waals surface area contributed by atoms with Gasteiger partial charge in [-0.15, -0.1) is 0 Å². The highest BCUT2D eigenvalue weighted by atomic mass is 16.7. The number of phenolic OH excluding ortho intramolecular Hbond substituents is 1. The second-order valence-electron chi connectivity index (χ2n) is 11.2. The van der Waals surface area contributed by atoms with Crippen LogP contribution in [0.1, 0.15) is 40.9 Å². The van der Waals surface area contributed by atoms with E-state index in [0.717, 1.165) is 0 Å². The van der Waals surface area contributed by atoms with Crippen LogP contribution in [0, 0.1) is 6.92 Å². The molecule has 0 spiro atoms. The minimum atomic E-state index is -1.87. The lowest BCUT2D eigenvalue weighted by Gasteiger charge is -2.42. The fourth-order valence-corrected chi connectivity index (χ4v) is 5.76. The largest absolute Gasteiger partial charge is 0.508 e.